The number of rotatable bonds is 9. The molecule has 1 heterocycles. The molecule has 1 amide bonds. The molecule has 1 aliphatic rings. The molecule has 27 heavy (non-hydrogen) atoms. The van der Waals surface area contributed by atoms with Crippen LogP contribution >= 0.6 is 0 Å². The van der Waals surface area contributed by atoms with E-state index in [1.165, 1.54) is 12.8 Å². The van der Waals surface area contributed by atoms with E-state index in [-0.39, 0.29) is 12.5 Å². The summed E-state index contributed by atoms with van der Waals surface area (Å²) in [6.07, 6.45) is 3.50. The van der Waals surface area contributed by atoms with Crippen molar-refractivity contribution in [2.75, 3.05) is 26.2 Å². The van der Waals surface area contributed by atoms with E-state index >= 15 is 0 Å². The molecule has 3 rings (SSSR count). The molecule has 1 aliphatic heterocycles. The van der Waals surface area contributed by atoms with Crippen LogP contribution in [-0.2, 0) is 11.4 Å². The monoisotopic (exact) mass is 368 g/mol. The fourth-order valence-electron chi connectivity index (χ4n) is 3.16. The summed E-state index contributed by atoms with van der Waals surface area (Å²) in [4.78, 5) is 11.9. The lowest BCUT2D eigenvalue weighted by atomic mass is 9.96. The van der Waals surface area contributed by atoms with Crippen molar-refractivity contribution in [1.29, 1.82) is 0 Å². The minimum Gasteiger partial charge on any atom is -0.489 e. The standard InChI is InChI=1S/C22H28N2O3/c25-22(24-14-12-18-7-4-13-23-15-18)17-27-21-10-8-20(9-11-21)26-16-19-5-2-1-3-6-19/h1-3,5-6,8-11,18,23H,4,7,12-17H2,(H,24,25). The van der Waals surface area contributed by atoms with Gasteiger partial charge in [-0.05, 0) is 68.1 Å². The Bertz CT molecular complexity index is 682. The Kier molecular flexibility index (Phi) is 7.54. The van der Waals surface area contributed by atoms with Crippen molar-refractivity contribution in [3.05, 3.63) is 60.2 Å². The zero-order valence-corrected chi connectivity index (χ0v) is 15.7. The van der Waals surface area contributed by atoms with Gasteiger partial charge < -0.3 is 20.1 Å². The first-order chi connectivity index (χ1) is 13.3. The van der Waals surface area contributed by atoms with Gasteiger partial charge in [-0.2, -0.15) is 0 Å². The van der Waals surface area contributed by atoms with Gasteiger partial charge in [0.2, 0.25) is 0 Å². The van der Waals surface area contributed by atoms with Gasteiger partial charge in [-0.15, -0.1) is 0 Å². The van der Waals surface area contributed by atoms with Gasteiger partial charge >= 0.3 is 0 Å². The summed E-state index contributed by atoms with van der Waals surface area (Å²) in [6.45, 7) is 3.45. The van der Waals surface area contributed by atoms with Crippen LogP contribution in [0.1, 0.15) is 24.8 Å². The predicted molar refractivity (Wildman–Crippen MR) is 106 cm³/mol. The van der Waals surface area contributed by atoms with Crippen LogP contribution in [-0.4, -0.2) is 32.1 Å². The molecule has 5 heteroatoms. The van der Waals surface area contributed by atoms with Gasteiger partial charge in [0.25, 0.3) is 5.91 Å². The second-order valence-corrected chi connectivity index (χ2v) is 6.89. The first-order valence-corrected chi connectivity index (χ1v) is 9.66. The molecule has 144 valence electrons. The van der Waals surface area contributed by atoms with Gasteiger partial charge in [0.05, 0.1) is 0 Å². The molecule has 1 unspecified atom stereocenters. The molecule has 0 radical (unpaired) electrons. The number of nitrogens with one attached hydrogen (secondary N) is 2. The van der Waals surface area contributed by atoms with Crippen molar-refractivity contribution in [3.8, 4) is 11.5 Å². The Labute approximate surface area is 161 Å². The number of benzene rings is 2. The SMILES string of the molecule is O=C(COc1ccc(OCc2ccccc2)cc1)NCCC1CCCNC1. The average molecular weight is 368 g/mol. The Balaban J connectivity index is 1.32. The number of carbonyl (C=O) groups is 1. The summed E-state index contributed by atoms with van der Waals surface area (Å²) in [7, 11) is 0. The highest BCUT2D eigenvalue weighted by Crippen LogP contribution is 2.18. The zero-order valence-electron chi connectivity index (χ0n) is 15.7. The molecule has 1 fully saturated rings. The molecule has 2 N–H and O–H groups in total. The quantitative estimate of drug-likeness (QED) is 0.714. The minimum absolute atomic E-state index is 0.0349. The highest BCUT2D eigenvalue weighted by atomic mass is 16.5. The maximum absolute atomic E-state index is 11.9. The molecule has 0 spiro atoms. The molecule has 5 nitrogen and oxygen atoms in total. The Hall–Kier alpha value is -2.53. The molecule has 0 saturated carbocycles. The van der Waals surface area contributed by atoms with Crippen LogP contribution in [0.25, 0.3) is 0 Å². The van der Waals surface area contributed by atoms with Gasteiger partial charge in [0.1, 0.15) is 18.1 Å². The first-order valence-electron chi connectivity index (χ1n) is 9.66. The van der Waals surface area contributed by atoms with Crippen LogP contribution in [0.5, 0.6) is 11.5 Å². The largest absolute Gasteiger partial charge is 0.489 e. The van der Waals surface area contributed by atoms with E-state index in [0.717, 1.165) is 30.8 Å². The lowest BCUT2D eigenvalue weighted by molar-refractivity contribution is -0.123. The van der Waals surface area contributed by atoms with Gasteiger partial charge in [0, 0.05) is 6.54 Å². The third-order valence-electron chi connectivity index (χ3n) is 4.72. The summed E-state index contributed by atoms with van der Waals surface area (Å²) in [5.41, 5.74) is 1.12. The van der Waals surface area contributed by atoms with Crippen LogP contribution in [0.4, 0.5) is 0 Å². The van der Waals surface area contributed by atoms with Crippen LogP contribution in [0.15, 0.2) is 54.6 Å². The van der Waals surface area contributed by atoms with Gasteiger partial charge in [-0.1, -0.05) is 30.3 Å². The van der Waals surface area contributed by atoms with Gasteiger partial charge in [-0.25, -0.2) is 0 Å². The van der Waals surface area contributed by atoms with Crippen molar-refractivity contribution >= 4 is 5.91 Å². The molecule has 1 atom stereocenters. The third-order valence-corrected chi connectivity index (χ3v) is 4.72. The fraction of sp³-hybridized carbons (Fsp3) is 0.409. The molecular weight excluding hydrogens is 340 g/mol. The van der Waals surface area contributed by atoms with Crippen LogP contribution in [0, 0.1) is 5.92 Å². The summed E-state index contributed by atoms with van der Waals surface area (Å²) in [5.74, 6) is 2.03. The van der Waals surface area contributed by atoms with E-state index in [1.54, 1.807) is 0 Å². The zero-order chi connectivity index (χ0) is 18.7. The van der Waals surface area contributed by atoms with E-state index < -0.39 is 0 Å². The molecular formula is C22H28N2O3. The summed E-state index contributed by atoms with van der Waals surface area (Å²) < 4.78 is 11.3. The summed E-state index contributed by atoms with van der Waals surface area (Å²) in [6, 6.07) is 17.4. The topological polar surface area (TPSA) is 59.6 Å². The van der Waals surface area contributed by atoms with Crippen molar-refractivity contribution in [1.82, 2.24) is 10.6 Å². The van der Waals surface area contributed by atoms with E-state index in [2.05, 4.69) is 10.6 Å². The number of amides is 1. The number of carbonyl (C=O) groups excluding carboxylic acids is 1. The van der Waals surface area contributed by atoms with Crippen molar-refractivity contribution in [2.24, 2.45) is 5.92 Å². The summed E-state index contributed by atoms with van der Waals surface area (Å²) in [5, 5.41) is 6.33. The van der Waals surface area contributed by atoms with Crippen molar-refractivity contribution in [2.45, 2.75) is 25.9 Å². The molecule has 0 aromatic heterocycles. The highest BCUT2D eigenvalue weighted by molar-refractivity contribution is 5.77. The fourth-order valence-corrected chi connectivity index (χ4v) is 3.16. The van der Waals surface area contributed by atoms with E-state index in [0.29, 0.717) is 24.8 Å². The predicted octanol–water partition coefficient (Wildman–Crippen LogP) is 3.15. The molecule has 0 bridgehead atoms. The Morgan fingerprint density at radius 2 is 1.78 bits per heavy atom. The van der Waals surface area contributed by atoms with E-state index in [1.807, 2.05) is 54.6 Å². The highest BCUT2D eigenvalue weighted by Gasteiger charge is 2.12. The van der Waals surface area contributed by atoms with Crippen LogP contribution in [0.3, 0.4) is 0 Å². The van der Waals surface area contributed by atoms with Gasteiger partial charge in [0.15, 0.2) is 6.61 Å². The maximum atomic E-state index is 11.9. The average Bonchev–Trinajstić information content (AvgIpc) is 2.73. The molecule has 2 aromatic carbocycles. The van der Waals surface area contributed by atoms with Crippen molar-refractivity contribution in [3.63, 3.8) is 0 Å². The third kappa shape index (κ3) is 6.94. The lowest BCUT2D eigenvalue weighted by Crippen LogP contribution is -2.34. The molecule has 2 aromatic rings. The maximum Gasteiger partial charge on any atom is 0.257 e. The van der Waals surface area contributed by atoms with Crippen LogP contribution < -0.4 is 20.1 Å². The Morgan fingerprint density at radius 3 is 2.48 bits per heavy atom. The molecule has 0 aliphatic carbocycles. The second kappa shape index (κ2) is 10.6. The number of ether oxygens (including phenoxy) is 2. The lowest BCUT2D eigenvalue weighted by Gasteiger charge is -2.22. The van der Waals surface area contributed by atoms with Gasteiger partial charge in [-0.3, -0.25) is 4.79 Å². The number of hydrogen-bond acceptors (Lipinski definition) is 4. The second-order valence-electron chi connectivity index (χ2n) is 6.89. The molecule has 1 saturated heterocycles. The number of piperidine rings is 1. The smallest absolute Gasteiger partial charge is 0.257 e. The first kappa shape index (κ1) is 19.2. The van der Waals surface area contributed by atoms with Crippen molar-refractivity contribution < 1.29 is 14.3 Å². The summed E-state index contributed by atoms with van der Waals surface area (Å²) >= 11 is 0. The van der Waals surface area contributed by atoms with Crippen LogP contribution in [0.2, 0.25) is 0 Å². The normalized spacial score (nSPS) is 16.5. The Morgan fingerprint density at radius 1 is 1.04 bits per heavy atom. The number of hydrogen-bond donors (Lipinski definition) is 2. The van der Waals surface area contributed by atoms with E-state index in [9.17, 15) is 4.79 Å². The van der Waals surface area contributed by atoms with E-state index in [4.69, 9.17) is 9.47 Å². The minimum atomic E-state index is -0.0804.